The van der Waals surface area contributed by atoms with Crippen LogP contribution in [-0.4, -0.2) is 16.8 Å². The van der Waals surface area contributed by atoms with Gasteiger partial charge in [-0.25, -0.2) is 4.98 Å². The Labute approximate surface area is 188 Å². The average Bonchev–Trinajstić information content (AvgIpc) is 3.12. The summed E-state index contributed by atoms with van der Waals surface area (Å²) < 4.78 is 0.978. The van der Waals surface area contributed by atoms with E-state index in [1.807, 2.05) is 44.2 Å². The molecule has 3 aromatic rings. The maximum absolute atomic E-state index is 13.0. The molecule has 5 nitrogen and oxygen atoms in total. The Kier molecular flexibility index (Phi) is 6.01. The lowest BCUT2D eigenvalue weighted by Gasteiger charge is -2.21. The molecule has 1 aliphatic carbocycles. The van der Waals surface area contributed by atoms with Crippen molar-refractivity contribution in [3.8, 4) is 0 Å². The van der Waals surface area contributed by atoms with Crippen molar-refractivity contribution >= 4 is 49.9 Å². The number of fused-ring (bicyclic) bond motifs is 1. The molecule has 0 aliphatic heterocycles. The number of aryl methyl sites for hydroxylation is 3. The first-order valence-corrected chi connectivity index (χ1v) is 11.5. The summed E-state index contributed by atoms with van der Waals surface area (Å²) in [6.07, 6.45) is 2.57. The normalized spacial score (nSPS) is 15.4. The smallest absolute Gasteiger partial charge is 0.257 e. The number of thiazole rings is 1. The van der Waals surface area contributed by atoms with E-state index >= 15 is 0 Å². The molecule has 0 fully saturated rings. The summed E-state index contributed by atoms with van der Waals surface area (Å²) in [6.45, 7) is 3.95. The molecule has 1 unspecified atom stereocenters. The first-order valence-electron chi connectivity index (χ1n) is 9.85. The first kappa shape index (κ1) is 20.8. The van der Waals surface area contributed by atoms with Crippen molar-refractivity contribution in [2.45, 2.75) is 39.0 Å². The zero-order valence-corrected chi connectivity index (χ0v) is 19.2. The Balaban J connectivity index is 1.51. The standard InChI is InChI=1S/C23H22BrN3O2S/c1-13-6-8-15(9-7-13)21(28)27-23-26-20-17(4-3-5-19(20)30-23)22(29)25-18-11-10-16(24)12-14(18)2/h6-12,17H,3-5H2,1-2H3,(H,25,29)(H,26,27,28). The molecule has 1 heterocycles. The molecule has 4 rings (SSSR count). The maximum Gasteiger partial charge on any atom is 0.257 e. The Hall–Kier alpha value is -2.51. The first-order chi connectivity index (χ1) is 14.4. The van der Waals surface area contributed by atoms with Crippen LogP contribution in [0.15, 0.2) is 46.9 Å². The number of benzene rings is 2. The van der Waals surface area contributed by atoms with Gasteiger partial charge < -0.3 is 5.32 Å². The number of rotatable bonds is 4. The van der Waals surface area contributed by atoms with Gasteiger partial charge in [0.1, 0.15) is 0 Å². The zero-order valence-electron chi connectivity index (χ0n) is 16.8. The quantitative estimate of drug-likeness (QED) is 0.489. The van der Waals surface area contributed by atoms with Gasteiger partial charge in [-0.3, -0.25) is 14.9 Å². The number of hydrogen-bond acceptors (Lipinski definition) is 4. The van der Waals surface area contributed by atoms with Crippen LogP contribution < -0.4 is 10.6 Å². The number of amides is 2. The number of nitrogens with one attached hydrogen (secondary N) is 2. The largest absolute Gasteiger partial charge is 0.325 e. The van der Waals surface area contributed by atoms with Gasteiger partial charge in [0.15, 0.2) is 5.13 Å². The zero-order chi connectivity index (χ0) is 21.3. The topological polar surface area (TPSA) is 71.1 Å². The van der Waals surface area contributed by atoms with Crippen LogP contribution in [0.3, 0.4) is 0 Å². The van der Waals surface area contributed by atoms with E-state index in [1.54, 1.807) is 12.1 Å². The Bertz CT molecular complexity index is 1110. The van der Waals surface area contributed by atoms with Crippen LogP contribution in [0.5, 0.6) is 0 Å². The third-order valence-corrected chi connectivity index (χ3v) is 6.79. The fourth-order valence-corrected chi connectivity index (χ4v) is 5.12. The molecular formula is C23H22BrN3O2S. The van der Waals surface area contributed by atoms with E-state index in [0.29, 0.717) is 10.7 Å². The summed E-state index contributed by atoms with van der Waals surface area (Å²) in [5.41, 5.74) is 4.29. The second-order valence-electron chi connectivity index (χ2n) is 7.54. The molecule has 30 heavy (non-hydrogen) atoms. The van der Waals surface area contributed by atoms with Gasteiger partial charge in [0.2, 0.25) is 5.91 Å². The van der Waals surface area contributed by atoms with Gasteiger partial charge in [-0.05, 0) is 69.0 Å². The van der Waals surface area contributed by atoms with Crippen molar-refractivity contribution in [1.29, 1.82) is 0 Å². The fourth-order valence-electron chi connectivity index (χ4n) is 3.59. The number of nitrogens with zero attached hydrogens (tertiary/aromatic N) is 1. The minimum Gasteiger partial charge on any atom is -0.325 e. The lowest BCUT2D eigenvalue weighted by molar-refractivity contribution is -0.117. The van der Waals surface area contributed by atoms with Crippen molar-refractivity contribution in [3.63, 3.8) is 0 Å². The van der Waals surface area contributed by atoms with Crippen LogP contribution >= 0.6 is 27.3 Å². The Morgan fingerprint density at radius 3 is 2.60 bits per heavy atom. The van der Waals surface area contributed by atoms with Gasteiger partial charge in [-0.1, -0.05) is 33.6 Å². The summed E-state index contributed by atoms with van der Waals surface area (Å²) in [5, 5.41) is 6.48. The summed E-state index contributed by atoms with van der Waals surface area (Å²) in [6, 6.07) is 13.2. The van der Waals surface area contributed by atoms with Crippen LogP contribution in [0.2, 0.25) is 0 Å². The summed E-state index contributed by atoms with van der Waals surface area (Å²) in [7, 11) is 0. The number of carbonyl (C=O) groups excluding carboxylic acids is 2. The van der Waals surface area contributed by atoms with Gasteiger partial charge in [0.05, 0.1) is 11.6 Å². The van der Waals surface area contributed by atoms with E-state index in [0.717, 1.165) is 51.1 Å². The van der Waals surface area contributed by atoms with Gasteiger partial charge in [0, 0.05) is 20.6 Å². The highest BCUT2D eigenvalue weighted by Crippen LogP contribution is 2.37. The summed E-state index contributed by atoms with van der Waals surface area (Å²) in [5.74, 6) is -0.547. The molecular weight excluding hydrogens is 462 g/mol. The van der Waals surface area contributed by atoms with Gasteiger partial charge in [0.25, 0.3) is 5.91 Å². The Morgan fingerprint density at radius 1 is 1.10 bits per heavy atom. The molecule has 2 aromatic carbocycles. The lowest BCUT2D eigenvalue weighted by Crippen LogP contribution is -2.25. The maximum atomic E-state index is 13.0. The molecule has 0 bridgehead atoms. The SMILES string of the molecule is Cc1ccc(C(=O)Nc2nc3c(s2)CCCC3C(=O)Nc2ccc(Br)cc2C)cc1. The van der Waals surface area contributed by atoms with Crippen LogP contribution in [0, 0.1) is 13.8 Å². The summed E-state index contributed by atoms with van der Waals surface area (Å²) >= 11 is 4.91. The van der Waals surface area contributed by atoms with Crippen molar-refractivity contribution < 1.29 is 9.59 Å². The molecule has 154 valence electrons. The fraction of sp³-hybridized carbons (Fsp3) is 0.261. The molecule has 0 radical (unpaired) electrons. The number of aromatic nitrogens is 1. The van der Waals surface area contributed by atoms with Crippen LogP contribution in [-0.2, 0) is 11.2 Å². The second-order valence-corrected chi connectivity index (χ2v) is 9.54. The third kappa shape index (κ3) is 4.47. The molecule has 7 heteroatoms. The predicted octanol–water partition coefficient (Wildman–Crippen LogP) is 5.83. The molecule has 0 spiro atoms. The molecule has 1 aliphatic rings. The molecule has 1 aromatic heterocycles. The van der Waals surface area contributed by atoms with Crippen molar-refractivity contribution in [1.82, 2.24) is 4.98 Å². The monoisotopic (exact) mass is 483 g/mol. The Morgan fingerprint density at radius 2 is 1.87 bits per heavy atom. The number of anilines is 2. The molecule has 0 saturated heterocycles. The highest BCUT2D eigenvalue weighted by Gasteiger charge is 2.31. The summed E-state index contributed by atoms with van der Waals surface area (Å²) in [4.78, 5) is 31.2. The van der Waals surface area contributed by atoms with Gasteiger partial charge >= 0.3 is 0 Å². The highest BCUT2D eigenvalue weighted by atomic mass is 79.9. The van der Waals surface area contributed by atoms with E-state index < -0.39 is 0 Å². The van der Waals surface area contributed by atoms with Gasteiger partial charge in [-0.15, -0.1) is 11.3 Å². The van der Waals surface area contributed by atoms with E-state index in [4.69, 9.17) is 0 Å². The molecule has 1 atom stereocenters. The molecule has 2 amide bonds. The van der Waals surface area contributed by atoms with E-state index in [1.165, 1.54) is 11.3 Å². The minimum absolute atomic E-state index is 0.0527. The van der Waals surface area contributed by atoms with Crippen molar-refractivity contribution in [2.24, 2.45) is 0 Å². The van der Waals surface area contributed by atoms with E-state index in [9.17, 15) is 9.59 Å². The van der Waals surface area contributed by atoms with Crippen molar-refractivity contribution in [2.75, 3.05) is 10.6 Å². The number of carbonyl (C=O) groups is 2. The van der Waals surface area contributed by atoms with Crippen LogP contribution in [0.25, 0.3) is 0 Å². The van der Waals surface area contributed by atoms with Crippen LogP contribution in [0.4, 0.5) is 10.8 Å². The lowest BCUT2D eigenvalue weighted by atomic mass is 9.90. The predicted molar refractivity (Wildman–Crippen MR) is 124 cm³/mol. The highest BCUT2D eigenvalue weighted by molar-refractivity contribution is 9.10. The van der Waals surface area contributed by atoms with Crippen LogP contribution in [0.1, 0.15) is 50.8 Å². The van der Waals surface area contributed by atoms with E-state index in [2.05, 4.69) is 31.5 Å². The second kappa shape index (κ2) is 8.70. The minimum atomic E-state index is -0.307. The van der Waals surface area contributed by atoms with Gasteiger partial charge in [-0.2, -0.15) is 0 Å². The molecule has 0 saturated carbocycles. The number of halogens is 1. The number of hydrogen-bond donors (Lipinski definition) is 2. The average molecular weight is 484 g/mol. The van der Waals surface area contributed by atoms with E-state index in [-0.39, 0.29) is 17.7 Å². The molecule has 2 N–H and O–H groups in total. The van der Waals surface area contributed by atoms with Crippen molar-refractivity contribution in [3.05, 3.63) is 74.2 Å². The third-order valence-electron chi connectivity index (χ3n) is 5.25.